The summed E-state index contributed by atoms with van der Waals surface area (Å²) in [6.45, 7) is 0. The Kier molecular flexibility index (Phi) is 5.12. The average molecular weight is 499 g/mol. The van der Waals surface area contributed by atoms with Crippen LogP contribution in [0.3, 0.4) is 0 Å². The Bertz CT molecular complexity index is 1650. The van der Waals surface area contributed by atoms with E-state index in [1.54, 1.807) is 11.3 Å². The molecule has 1 nitrogen and oxygen atoms in total. The first-order valence-corrected chi connectivity index (χ1v) is 13.7. The van der Waals surface area contributed by atoms with E-state index in [9.17, 15) is 0 Å². The Labute approximate surface area is 218 Å². The molecule has 0 saturated heterocycles. The molecule has 1 aliphatic rings. The van der Waals surface area contributed by atoms with E-state index in [4.69, 9.17) is 4.74 Å². The molecule has 0 spiro atoms. The number of hydrogen-bond donors (Lipinski definition) is 0. The molecular weight excluding hydrogens is 476 g/mol. The SMILES string of the molecule is C1=CC(c2ccccc2)(c2ccccc2)Oc2cc(-c3ccc(-c4cccs4)s3)c3ccccc3c21. The number of hydrogen-bond acceptors (Lipinski definition) is 3. The number of fused-ring (bicyclic) bond motifs is 3. The van der Waals surface area contributed by atoms with Crippen LogP contribution in [-0.4, -0.2) is 0 Å². The number of benzene rings is 4. The summed E-state index contributed by atoms with van der Waals surface area (Å²) in [4.78, 5) is 3.85. The highest BCUT2D eigenvalue weighted by atomic mass is 32.1. The second kappa shape index (κ2) is 8.63. The molecule has 3 heteroatoms. The van der Waals surface area contributed by atoms with Gasteiger partial charge in [-0.3, -0.25) is 0 Å². The van der Waals surface area contributed by atoms with Gasteiger partial charge in [-0.25, -0.2) is 0 Å². The van der Waals surface area contributed by atoms with Crippen molar-refractivity contribution in [3.8, 4) is 25.9 Å². The molecule has 6 aromatic rings. The minimum Gasteiger partial charge on any atom is -0.473 e. The number of thiophene rings is 2. The van der Waals surface area contributed by atoms with Gasteiger partial charge in [0, 0.05) is 36.9 Å². The van der Waals surface area contributed by atoms with E-state index in [1.165, 1.54) is 31.0 Å². The summed E-state index contributed by atoms with van der Waals surface area (Å²) in [6.07, 6.45) is 4.46. The van der Waals surface area contributed by atoms with Gasteiger partial charge < -0.3 is 4.74 Å². The fraction of sp³-hybridized carbons (Fsp3) is 0.0303. The third-order valence-electron chi connectivity index (χ3n) is 6.84. The Morgan fingerprint density at radius 3 is 1.94 bits per heavy atom. The van der Waals surface area contributed by atoms with Crippen LogP contribution in [0.15, 0.2) is 127 Å². The molecular formula is C33H22OS2. The molecule has 172 valence electrons. The third-order valence-corrected chi connectivity index (χ3v) is 9.03. The van der Waals surface area contributed by atoms with E-state index in [1.807, 2.05) is 11.3 Å². The topological polar surface area (TPSA) is 9.23 Å². The molecule has 0 fully saturated rings. The highest BCUT2D eigenvalue weighted by Gasteiger charge is 2.37. The molecule has 0 amide bonds. The Balaban J connectivity index is 1.44. The van der Waals surface area contributed by atoms with E-state index in [0.717, 1.165) is 22.4 Å². The van der Waals surface area contributed by atoms with Crippen molar-refractivity contribution >= 4 is 39.5 Å². The van der Waals surface area contributed by atoms with Crippen LogP contribution in [0, 0.1) is 0 Å². The van der Waals surface area contributed by atoms with Gasteiger partial charge in [-0.15, -0.1) is 22.7 Å². The molecule has 0 saturated carbocycles. The average Bonchev–Trinajstić information content (AvgIpc) is 3.66. The Morgan fingerprint density at radius 1 is 0.583 bits per heavy atom. The monoisotopic (exact) mass is 498 g/mol. The number of ether oxygens (including phenoxy) is 1. The molecule has 1 aliphatic heterocycles. The quantitative estimate of drug-likeness (QED) is 0.235. The minimum atomic E-state index is -0.688. The maximum Gasteiger partial charge on any atom is 0.178 e. The van der Waals surface area contributed by atoms with Gasteiger partial charge in [0.05, 0.1) is 0 Å². The molecule has 3 heterocycles. The Morgan fingerprint density at radius 2 is 1.25 bits per heavy atom. The lowest BCUT2D eigenvalue weighted by atomic mass is 9.83. The zero-order chi connectivity index (χ0) is 24.0. The predicted octanol–water partition coefficient (Wildman–Crippen LogP) is 9.65. The molecule has 2 aromatic heterocycles. The van der Waals surface area contributed by atoms with Crippen molar-refractivity contribution in [1.29, 1.82) is 0 Å². The summed E-state index contributed by atoms with van der Waals surface area (Å²) in [6, 6.07) is 40.7. The van der Waals surface area contributed by atoms with Gasteiger partial charge in [-0.2, -0.15) is 0 Å². The lowest BCUT2D eigenvalue weighted by Crippen LogP contribution is -2.34. The molecule has 0 atom stereocenters. The highest BCUT2D eigenvalue weighted by molar-refractivity contribution is 7.23. The van der Waals surface area contributed by atoms with E-state index in [2.05, 4.69) is 133 Å². The van der Waals surface area contributed by atoms with Crippen molar-refractivity contribution in [1.82, 2.24) is 0 Å². The van der Waals surface area contributed by atoms with Crippen LogP contribution in [0.2, 0.25) is 0 Å². The first-order chi connectivity index (χ1) is 17.8. The van der Waals surface area contributed by atoms with Crippen LogP contribution in [-0.2, 0) is 5.60 Å². The van der Waals surface area contributed by atoms with Crippen LogP contribution < -0.4 is 4.74 Å². The maximum atomic E-state index is 7.06. The van der Waals surface area contributed by atoms with Crippen LogP contribution in [0.1, 0.15) is 16.7 Å². The smallest absolute Gasteiger partial charge is 0.178 e. The van der Waals surface area contributed by atoms with Gasteiger partial charge in [0.2, 0.25) is 0 Å². The van der Waals surface area contributed by atoms with Crippen molar-refractivity contribution in [3.05, 3.63) is 143 Å². The van der Waals surface area contributed by atoms with Crippen LogP contribution in [0.5, 0.6) is 5.75 Å². The standard InChI is InChI=1S/C33H22OS2/c1-3-10-23(11-4-1)33(24-12-5-2-6-13-24)20-19-27-25-14-7-8-15-26(25)28(22-29(27)34-33)30-17-18-32(36-30)31-16-9-21-35-31/h1-22H. The van der Waals surface area contributed by atoms with Gasteiger partial charge in [0.1, 0.15) is 5.75 Å². The van der Waals surface area contributed by atoms with Crippen LogP contribution in [0.25, 0.3) is 37.0 Å². The molecule has 0 unspecified atom stereocenters. The van der Waals surface area contributed by atoms with Gasteiger partial charge in [-0.05, 0) is 52.6 Å². The molecule has 0 aliphatic carbocycles. The largest absolute Gasteiger partial charge is 0.473 e. The van der Waals surface area contributed by atoms with Crippen LogP contribution in [0.4, 0.5) is 0 Å². The van der Waals surface area contributed by atoms with Crippen molar-refractivity contribution in [2.45, 2.75) is 5.60 Å². The lowest BCUT2D eigenvalue weighted by Gasteiger charge is -2.36. The summed E-state index contributed by atoms with van der Waals surface area (Å²) >= 11 is 3.62. The van der Waals surface area contributed by atoms with Gasteiger partial charge in [0.25, 0.3) is 0 Å². The van der Waals surface area contributed by atoms with Crippen LogP contribution >= 0.6 is 22.7 Å². The lowest BCUT2D eigenvalue weighted by molar-refractivity contribution is 0.161. The summed E-state index contributed by atoms with van der Waals surface area (Å²) in [5, 5.41) is 4.59. The Hall–Kier alpha value is -3.92. The van der Waals surface area contributed by atoms with E-state index >= 15 is 0 Å². The summed E-state index contributed by atoms with van der Waals surface area (Å²) < 4.78 is 7.06. The zero-order valence-electron chi connectivity index (χ0n) is 19.4. The third kappa shape index (κ3) is 3.43. The normalized spacial score (nSPS) is 13.9. The molecule has 0 bridgehead atoms. The van der Waals surface area contributed by atoms with Crippen molar-refractivity contribution in [2.75, 3.05) is 0 Å². The first-order valence-electron chi connectivity index (χ1n) is 12.0. The predicted molar refractivity (Wildman–Crippen MR) is 154 cm³/mol. The maximum absolute atomic E-state index is 7.06. The van der Waals surface area contributed by atoms with Gasteiger partial charge >= 0.3 is 0 Å². The first kappa shape index (κ1) is 21.4. The molecule has 0 N–H and O–H groups in total. The van der Waals surface area contributed by atoms with Gasteiger partial charge in [0.15, 0.2) is 5.60 Å². The van der Waals surface area contributed by atoms with E-state index in [0.29, 0.717) is 0 Å². The zero-order valence-corrected chi connectivity index (χ0v) is 21.1. The highest BCUT2D eigenvalue weighted by Crippen LogP contribution is 2.48. The van der Waals surface area contributed by atoms with Crippen molar-refractivity contribution in [2.24, 2.45) is 0 Å². The number of rotatable bonds is 4. The summed E-state index contributed by atoms with van der Waals surface area (Å²) in [7, 11) is 0. The van der Waals surface area contributed by atoms with Crippen molar-refractivity contribution < 1.29 is 4.74 Å². The molecule has 4 aromatic carbocycles. The summed E-state index contributed by atoms with van der Waals surface area (Å²) in [5.74, 6) is 0.907. The van der Waals surface area contributed by atoms with Crippen molar-refractivity contribution in [3.63, 3.8) is 0 Å². The van der Waals surface area contributed by atoms with E-state index in [-0.39, 0.29) is 0 Å². The molecule has 0 radical (unpaired) electrons. The second-order valence-corrected chi connectivity index (χ2v) is 11.0. The van der Waals surface area contributed by atoms with E-state index < -0.39 is 5.60 Å². The minimum absolute atomic E-state index is 0.688. The van der Waals surface area contributed by atoms with Gasteiger partial charge in [-0.1, -0.05) is 91.0 Å². The molecule has 7 rings (SSSR count). The fourth-order valence-corrected chi connectivity index (χ4v) is 6.99. The second-order valence-electron chi connectivity index (χ2n) is 8.93. The molecule has 36 heavy (non-hydrogen) atoms. The summed E-state index contributed by atoms with van der Waals surface area (Å²) in [5.41, 5.74) is 3.88. The fourth-order valence-electron chi connectivity index (χ4n) is 5.12.